The van der Waals surface area contributed by atoms with Gasteiger partial charge in [0.2, 0.25) is 5.91 Å². The highest BCUT2D eigenvalue weighted by atomic mass is 35.5. The maximum atomic E-state index is 13.9. The number of fused-ring (bicyclic) bond motifs is 3. The zero-order valence-corrected chi connectivity index (χ0v) is 25.9. The van der Waals surface area contributed by atoms with E-state index in [1.54, 1.807) is 13.0 Å². The molecule has 0 radical (unpaired) electrons. The van der Waals surface area contributed by atoms with Crippen molar-refractivity contribution in [3.05, 3.63) is 50.4 Å². The van der Waals surface area contributed by atoms with Gasteiger partial charge >= 0.3 is 0 Å². The van der Waals surface area contributed by atoms with Crippen molar-refractivity contribution in [3.8, 4) is 5.75 Å². The molecule has 224 valence electrons. The summed E-state index contributed by atoms with van der Waals surface area (Å²) in [6.07, 6.45) is 7.26. The van der Waals surface area contributed by atoms with Crippen molar-refractivity contribution in [2.24, 2.45) is 17.6 Å². The summed E-state index contributed by atoms with van der Waals surface area (Å²) in [6, 6.07) is 1.13. The number of primary amides is 1. The van der Waals surface area contributed by atoms with Crippen molar-refractivity contribution >= 4 is 23.3 Å². The van der Waals surface area contributed by atoms with Gasteiger partial charge in [-0.2, -0.15) is 0 Å². The number of carbonyl (C=O) groups excluding carboxylic acids is 2. The van der Waals surface area contributed by atoms with E-state index in [0.29, 0.717) is 47.7 Å². The lowest BCUT2D eigenvalue weighted by molar-refractivity contribution is -0.115. The molecule has 1 aromatic rings. The van der Waals surface area contributed by atoms with E-state index in [0.717, 1.165) is 18.4 Å². The third kappa shape index (κ3) is 4.86. The van der Waals surface area contributed by atoms with Crippen molar-refractivity contribution in [2.45, 2.75) is 95.9 Å². The molecule has 0 bridgehead atoms. The second-order valence-electron chi connectivity index (χ2n) is 13.2. The number of halogens is 1. The van der Waals surface area contributed by atoms with Gasteiger partial charge in [-0.1, -0.05) is 37.8 Å². The topological polar surface area (TPSA) is 120 Å². The van der Waals surface area contributed by atoms with Crippen molar-refractivity contribution in [3.63, 3.8) is 0 Å². The number of phenolic OH excluding ortho intramolecular Hbond substituents is 1. The van der Waals surface area contributed by atoms with Gasteiger partial charge in [-0.3, -0.25) is 19.4 Å². The lowest BCUT2D eigenvalue weighted by atomic mass is 9.65. The van der Waals surface area contributed by atoms with Crippen LogP contribution >= 0.6 is 11.6 Å². The molecule has 1 amide bonds. The molecular formula is C32H44ClN3O5. The predicted octanol–water partition coefficient (Wildman–Crippen LogP) is 5.26. The molecule has 5 rings (SSSR count). The van der Waals surface area contributed by atoms with Crippen LogP contribution in [-0.2, 0) is 22.5 Å². The highest BCUT2D eigenvalue weighted by molar-refractivity contribution is 6.33. The second kappa shape index (κ2) is 10.6. The molecule has 9 heteroatoms. The van der Waals surface area contributed by atoms with Crippen LogP contribution in [0.4, 0.5) is 0 Å². The molecule has 1 aromatic carbocycles. The number of allylic oxidation sites excluding steroid dienone is 1. The molecular weight excluding hydrogens is 542 g/mol. The summed E-state index contributed by atoms with van der Waals surface area (Å²) in [6.45, 7) is 6.59. The minimum absolute atomic E-state index is 0.0385. The van der Waals surface area contributed by atoms with E-state index in [-0.39, 0.29) is 45.8 Å². The van der Waals surface area contributed by atoms with E-state index >= 15 is 0 Å². The van der Waals surface area contributed by atoms with Gasteiger partial charge in [0.15, 0.2) is 11.4 Å². The lowest BCUT2D eigenvalue weighted by Crippen LogP contribution is -2.47. The van der Waals surface area contributed by atoms with Gasteiger partial charge in [-0.25, -0.2) is 0 Å². The van der Waals surface area contributed by atoms with Crippen LogP contribution in [0.25, 0.3) is 0 Å². The largest absolute Gasteiger partial charge is 0.510 e. The second-order valence-corrected chi connectivity index (χ2v) is 13.5. The van der Waals surface area contributed by atoms with Crippen LogP contribution in [-0.4, -0.2) is 70.0 Å². The number of hydrogen-bond donors (Lipinski definition) is 3. The summed E-state index contributed by atoms with van der Waals surface area (Å²) in [5.41, 5.74) is 7.47. The van der Waals surface area contributed by atoms with Gasteiger partial charge in [0.05, 0.1) is 17.2 Å². The van der Waals surface area contributed by atoms with Crippen molar-refractivity contribution in [1.82, 2.24) is 9.80 Å². The van der Waals surface area contributed by atoms with Gasteiger partial charge in [0.25, 0.3) is 0 Å². The maximum absolute atomic E-state index is 13.9. The molecule has 3 aliphatic carbocycles. The number of Topliss-reactive ketones (excluding diaryl/α,β-unsaturated/α-hetero) is 1. The number of nitrogens with zero attached hydrogens (tertiary/aromatic N) is 2. The maximum Gasteiger partial charge on any atom is 0.248 e. The van der Waals surface area contributed by atoms with Gasteiger partial charge in [-0.15, -0.1) is 0 Å². The molecule has 0 aromatic heterocycles. The number of rotatable bonds is 8. The van der Waals surface area contributed by atoms with E-state index < -0.39 is 17.6 Å². The first-order chi connectivity index (χ1) is 19.2. The van der Waals surface area contributed by atoms with E-state index in [9.17, 15) is 19.8 Å². The number of hydrogen-bond acceptors (Lipinski definition) is 7. The Morgan fingerprint density at radius 1 is 1.22 bits per heavy atom. The molecule has 1 saturated heterocycles. The normalized spacial score (nSPS) is 28.0. The first-order valence-corrected chi connectivity index (χ1v) is 15.2. The number of ether oxygens (including phenoxy) is 1. The standard InChI is InChI=1S/C32H44ClN3O5/c1-7-19(30(34)40)27(38)26(35(4)5)21-14-17-13-20-24(28(39)23(17)29-32(21,3)41-29)22(37)15-18(25(20)33)16-36(6)31(2)11-9-8-10-12-31/h15,17,21,26,37-38H,7-14,16H2,1-6H3,(H2,34,40)/b27-19-/t17-,21-,26-,32-/m0/s1. The van der Waals surface area contributed by atoms with Crippen molar-refractivity contribution in [1.29, 1.82) is 0 Å². The predicted molar refractivity (Wildman–Crippen MR) is 159 cm³/mol. The van der Waals surface area contributed by atoms with Crippen LogP contribution in [0.3, 0.4) is 0 Å². The zero-order chi connectivity index (χ0) is 30.0. The lowest BCUT2D eigenvalue weighted by Gasteiger charge is -2.42. The molecule has 4 N–H and O–H groups in total. The number of amides is 1. The number of aliphatic hydroxyl groups is 1. The smallest absolute Gasteiger partial charge is 0.248 e. The van der Waals surface area contributed by atoms with Crippen LogP contribution in [0.2, 0.25) is 5.02 Å². The van der Waals surface area contributed by atoms with E-state index in [4.69, 9.17) is 22.1 Å². The molecule has 1 aliphatic heterocycles. The first-order valence-electron chi connectivity index (χ1n) is 14.9. The Morgan fingerprint density at radius 3 is 2.46 bits per heavy atom. The number of likely N-dealkylation sites (N-methyl/N-ethyl adjacent to an activating group) is 1. The highest BCUT2D eigenvalue weighted by Crippen LogP contribution is 2.60. The number of ketones is 1. The van der Waals surface area contributed by atoms with E-state index in [1.165, 1.54) is 19.3 Å². The van der Waals surface area contributed by atoms with Crippen molar-refractivity contribution in [2.75, 3.05) is 21.1 Å². The summed E-state index contributed by atoms with van der Waals surface area (Å²) in [5, 5.41) is 23.0. The summed E-state index contributed by atoms with van der Waals surface area (Å²) in [7, 11) is 5.82. The Morgan fingerprint density at radius 2 is 1.88 bits per heavy atom. The Hall–Kier alpha value is -2.55. The first kappa shape index (κ1) is 29.9. The van der Waals surface area contributed by atoms with E-state index in [2.05, 4.69) is 18.9 Å². The highest BCUT2D eigenvalue weighted by Gasteiger charge is 2.64. The minimum Gasteiger partial charge on any atom is -0.510 e. The quantitative estimate of drug-likeness (QED) is 0.216. The van der Waals surface area contributed by atoms with Crippen LogP contribution in [0.15, 0.2) is 28.7 Å². The Kier molecular flexibility index (Phi) is 7.75. The van der Waals surface area contributed by atoms with Gasteiger partial charge in [0, 0.05) is 28.6 Å². The van der Waals surface area contributed by atoms with Gasteiger partial charge < -0.3 is 20.7 Å². The molecule has 1 saturated carbocycles. The van der Waals surface area contributed by atoms with Crippen LogP contribution in [0.5, 0.6) is 5.75 Å². The van der Waals surface area contributed by atoms with Gasteiger partial charge in [0.1, 0.15) is 17.3 Å². The number of carbonyl (C=O) groups is 2. The number of epoxide rings is 1. The average molecular weight is 586 g/mol. The molecule has 41 heavy (non-hydrogen) atoms. The Balaban J connectivity index is 1.51. The number of nitrogens with two attached hydrogens (primary N) is 1. The fraction of sp³-hybridized carbons (Fsp3) is 0.625. The van der Waals surface area contributed by atoms with Gasteiger partial charge in [-0.05, 0) is 90.2 Å². The molecule has 4 atom stereocenters. The fourth-order valence-electron chi connectivity index (χ4n) is 7.79. The SMILES string of the molecule is CC/C(C(N)=O)=C(/O)[C@H]([C@@H]1C[C@@H]2Cc3c(Cl)c(CN(C)C4(C)CCCCC4)cc(O)c3C(=O)C2=C2O[C@]21C)N(C)C. The third-order valence-electron chi connectivity index (χ3n) is 10.4. The van der Waals surface area contributed by atoms with Crippen LogP contribution in [0, 0.1) is 11.8 Å². The molecule has 1 heterocycles. The minimum atomic E-state index is -0.768. The monoisotopic (exact) mass is 585 g/mol. The van der Waals surface area contributed by atoms with Crippen molar-refractivity contribution < 1.29 is 24.5 Å². The number of benzene rings is 1. The molecule has 2 fully saturated rings. The zero-order valence-electron chi connectivity index (χ0n) is 25.1. The number of aliphatic hydroxyl groups excluding tert-OH is 1. The third-order valence-corrected chi connectivity index (χ3v) is 10.9. The summed E-state index contributed by atoms with van der Waals surface area (Å²) in [5.74, 6) is -0.785. The number of aromatic hydroxyl groups is 1. The average Bonchev–Trinajstić information content (AvgIpc) is 3.59. The summed E-state index contributed by atoms with van der Waals surface area (Å²) in [4.78, 5) is 30.3. The molecule has 4 aliphatic rings. The Labute approximate surface area is 248 Å². The van der Waals surface area contributed by atoms with Crippen LogP contribution < -0.4 is 5.73 Å². The number of phenols is 1. The summed E-state index contributed by atoms with van der Waals surface area (Å²) < 4.78 is 6.17. The van der Waals surface area contributed by atoms with Crippen LogP contribution in [0.1, 0.15) is 87.2 Å². The fourth-order valence-corrected chi connectivity index (χ4v) is 8.07. The van der Waals surface area contributed by atoms with E-state index in [1.807, 2.05) is 25.9 Å². The molecule has 0 unspecified atom stereocenters. The molecule has 0 spiro atoms. The Bertz CT molecular complexity index is 1350. The summed E-state index contributed by atoms with van der Waals surface area (Å²) >= 11 is 7.05. The molecule has 8 nitrogen and oxygen atoms in total.